The van der Waals surface area contributed by atoms with Gasteiger partial charge in [-0.1, -0.05) is 11.6 Å². The zero-order chi connectivity index (χ0) is 20.6. The minimum atomic E-state index is -4.77. The van der Waals surface area contributed by atoms with Gasteiger partial charge in [0.15, 0.2) is 0 Å². The highest BCUT2D eigenvalue weighted by Gasteiger charge is 2.37. The van der Waals surface area contributed by atoms with Crippen LogP contribution in [0.25, 0.3) is 0 Å². The average Bonchev–Trinajstić information content (AvgIpc) is 2.90. The highest BCUT2D eigenvalue weighted by Crippen LogP contribution is 2.41. The van der Waals surface area contributed by atoms with E-state index in [-0.39, 0.29) is 24.9 Å². The lowest BCUT2D eigenvalue weighted by Gasteiger charge is -2.34. The second kappa shape index (κ2) is 7.59. The van der Waals surface area contributed by atoms with E-state index in [4.69, 9.17) is 16.3 Å². The number of nitro groups is 1. The van der Waals surface area contributed by atoms with Crippen LogP contribution in [0.5, 0.6) is 0 Å². The Kier molecular flexibility index (Phi) is 5.53. The van der Waals surface area contributed by atoms with Crippen LogP contribution in [0.4, 0.5) is 24.5 Å². The number of benzene rings is 1. The zero-order valence-corrected chi connectivity index (χ0v) is 15.9. The number of aromatic nitrogens is 2. The summed E-state index contributed by atoms with van der Waals surface area (Å²) in [5.41, 5.74) is -0.0117. The van der Waals surface area contributed by atoms with Gasteiger partial charge in [0.25, 0.3) is 5.69 Å². The Morgan fingerprint density at radius 2 is 2.07 bits per heavy atom. The van der Waals surface area contributed by atoms with Crippen molar-refractivity contribution in [2.45, 2.75) is 32.7 Å². The molecule has 0 N–H and O–H groups in total. The Morgan fingerprint density at radius 1 is 1.36 bits per heavy atom. The van der Waals surface area contributed by atoms with E-state index in [1.165, 1.54) is 0 Å². The molecule has 0 amide bonds. The lowest BCUT2D eigenvalue weighted by Crippen LogP contribution is -2.44. The molecule has 0 aliphatic carbocycles. The second-order valence-electron chi connectivity index (χ2n) is 6.62. The maximum atomic E-state index is 13.1. The number of nitrogens with zero attached hydrogens (tertiary/aromatic N) is 4. The molecule has 3 rings (SSSR count). The molecule has 2 aromatic rings. The largest absolute Gasteiger partial charge is 0.418 e. The van der Waals surface area contributed by atoms with Crippen LogP contribution in [0.3, 0.4) is 0 Å². The standard InChI is InChI=1S/C17H18ClF3N4O3/c1-10-5-11(2)24(22-10)9-12-8-23(3-4-28-12)15-7-14(18)13(17(19,20)21)6-16(15)25(26)27/h5-7,12H,3-4,8-9H2,1-2H3. The summed E-state index contributed by atoms with van der Waals surface area (Å²) in [6, 6.07) is 3.42. The van der Waals surface area contributed by atoms with Gasteiger partial charge in [0.1, 0.15) is 5.69 Å². The number of morpholine rings is 1. The molecule has 1 atom stereocenters. The Balaban J connectivity index is 1.88. The number of ether oxygens (including phenoxy) is 1. The lowest BCUT2D eigenvalue weighted by atomic mass is 10.1. The van der Waals surface area contributed by atoms with Crippen molar-refractivity contribution in [3.05, 3.63) is 50.3 Å². The first-order valence-electron chi connectivity index (χ1n) is 8.49. The van der Waals surface area contributed by atoms with E-state index in [9.17, 15) is 23.3 Å². The predicted octanol–water partition coefficient (Wildman–Crippen LogP) is 3.99. The van der Waals surface area contributed by atoms with Gasteiger partial charge in [0.2, 0.25) is 0 Å². The van der Waals surface area contributed by atoms with Crippen molar-refractivity contribution in [1.29, 1.82) is 0 Å². The molecule has 0 saturated carbocycles. The number of anilines is 1. The smallest absolute Gasteiger partial charge is 0.373 e. The van der Waals surface area contributed by atoms with Crippen LogP contribution in [0.2, 0.25) is 5.02 Å². The number of hydrogen-bond acceptors (Lipinski definition) is 5. The summed E-state index contributed by atoms with van der Waals surface area (Å²) in [6.07, 6.45) is -5.10. The lowest BCUT2D eigenvalue weighted by molar-refractivity contribution is -0.384. The quantitative estimate of drug-likeness (QED) is 0.554. The van der Waals surface area contributed by atoms with E-state index in [1.54, 1.807) is 9.58 Å². The third-order valence-corrected chi connectivity index (χ3v) is 4.84. The summed E-state index contributed by atoms with van der Waals surface area (Å²) in [7, 11) is 0. The molecule has 0 bridgehead atoms. The monoisotopic (exact) mass is 418 g/mol. The van der Waals surface area contributed by atoms with E-state index in [0.29, 0.717) is 19.2 Å². The second-order valence-corrected chi connectivity index (χ2v) is 7.03. The summed E-state index contributed by atoms with van der Waals surface area (Å²) >= 11 is 5.78. The molecule has 1 aliphatic rings. The average molecular weight is 419 g/mol. The SMILES string of the molecule is Cc1cc(C)n(CC2CN(c3cc(Cl)c(C(F)(F)F)cc3[N+](=O)[O-])CCO2)n1. The minimum Gasteiger partial charge on any atom is -0.373 e. The molecule has 28 heavy (non-hydrogen) atoms. The van der Waals surface area contributed by atoms with Crippen molar-refractivity contribution in [3.8, 4) is 0 Å². The van der Waals surface area contributed by atoms with Crippen LogP contribution in [0, 0.1) is 24.0 Å². The molecule has 0 spiro atoms. The first kappa shape index (κ1) is 20.4. The number of halogens is 4. The Hall–Kier alpha value is -2.33. The summed E-state index contributed by atoms with van der Waals surface area (Å²) in [6.45, 7) is 5.04. The fourth-order valence-electron chi connectivity index (χ4n) is 3.27. The Bertz CT molecular complexity index is 901. The van der Waals surface area contributed by atoms with Gasteiger partial charge in [-0.25, -0.2) is 0 Å². The number of aryl methyl sites for hydroxylation is 2. The molecule has 11 heteroatoms. The number of nitro benzene ring substituents is 1. The molecular formula is C17H18ClF3N4O3. The molecular weight excluding hydrogens is 401 g/mol. The van der Waals surface area contributed by atoms with Crippen molar-refractivity contribution in [1.82, 2.24) is 9.78 Å². The van der Waals surface area contributed by atoms with Crippen LogP contribution in [-0.4, -0.2) is 40.5 Å². The van der Waals surface area contributed by atoms with Gasteiger partial charge in [-0.3, -0.25) is 14.8 Å². The van der Waals surface area contributed by atoms with E-state index >= 15 is 0 Å². The first-order valence-corrected chi connectivity index (χ1v) is 8.87. The summed E-state index contributed by atoms with van der Waals surface area (Å²) in [4.78, 5) is 12.2. The molecule has 1 fully saturated rings. The highest BCUT2D eigenvalue weighted by atomic mass is 35.5. The molecule has 1 aliphatic heterocycles. The van der Waals surface area contributed by atoms with Crippen molar-refractivity contribution in [2.75, 3.05) is 24.6 Å². The van der Waals surface area contributed by atoms with E-state index < -0.39 is 27.4 Å². The zero-order valence-electron chi connectivity index (χ0n) is 15.2. The van der Waals surface area contributed by atoms with Gasteiger partial charge in [0, 0.05) is 24.8 Å². The Morgan fingerprint density at radius 3 is 2.64 bits per heavy atom. The predicted molar refractivity (Wildman–Crippen MR) is 96.8 cm³/mol. The topological polar surface area (TPSA) is 73.4 Å². The highest BCUT2D eigenvalue weighted by molar-refractivity contribution is 6.31. The molecule has 0 radical (unpaired) electrons. The fourth-order valence-corrected chi connectivity index (χ4v) is 3.53. The van der Waals surface area contributed by atoms with Gasteiger partial charge in [0.05, 0.1) is 40.5 Å². The maximum absolute atomic E-state index is 13.1. The van der Waals surface area contributed by atoms with E-state index in [2.05, 4.69) is 5.10 Å². The fraction of sp³-hybridized carbons (Fsp3) is 0.471. The Labute approximate surface area is 163 Å². The first-order chi connectivity index (χ1) is 13.1. The van der Waals surface area contributed by atoms with Crippen LogP contribution in [-0.2, 0) is 17.5 Å². The van der Waals surface area contributed by atoms with Crippen molar-refractivity contribution >= 4 is 23.0 Å². The van der Waals surface area contributed by atoms with Crippen molar-refractivity contribution in [3.63, 3.8) is 0 Å². The van der Waals surface area contributed by atoms with Gasteiger partial charge >= 0.3 is 6.18 Å². The minimum absolute atomic E-state index is 0.0460. The summed E-state index contributed by atoms with van der Waals surface area (Å²) in [5, 5.41) is 15.2. The molecule has 2 heterocycles. The number of rotatable bonds is 4. The van der Waals surface area contributed by atoms with Crippen LogP contribution in [0.15, 0.2) is 18.2 Å². The van der Waals surface area contributed by atoms with Gasteiger partial charge in [-0.05, 0) is 26.0 Å². The van der Waals surface area contributed by atoms with Crippen LogP contribution >= 0.6 is 11.6 Å². The third kappa shape index (κ3) is 4.22. The summed E-state index contributed by atoms with van der Waals surface area (Å²) in [5.74, 6) is 0. The molecule has 7 nitrogen and oxygen atoms in total. The summed E-state index contributed by atoms with van der Waals surface area (Å²) < 4.78 is 46.7. The van der Waals surface area contributed by atoms with Crippen LogP contribution < -0.4 is 4.90 Å². The number of alkyl halides is 3. The molecule has 152 valence electrons. The van der Waals surface area contributed by atoms with E-state index in [1.807, 2.05) is 19.9 Å². The van der Waals surface area contributed by atoms with Crippen molar-refractivity contribution < 1.29 is 22.8 Å². The van der Waals surface area contributed by atoms with Gasteiger partial charge in [-0.15, -0.1) is 0 Å². The number of hydrogen-bond donors (Lipinski definition) is 0. The van der Waals surface area contributed by atoms with Gasteiger partial charge < -0.3 is 9.64 Å². The van der Waals surface area contributed by atoms with Crippen LogP contribution in [0.1, 0.15) is 17.0 Å². The maximum Gasteiger partial charge on any atom is 0.418 e. The molecule has 1 unspecified atom stereocenters. The molecule has 1 aromatic carbocycles. The molecule has 1 aromatic heterocycles. The van der Waals surface area contributed by atoms with E-state index in [0.717, 1.165) is 17.5 Å². The van der Waals surface area contributed by atoms with Gasteiger partial charge in [-0.2, -0.15) is 18.3 Å². The van der Waals surface area contributed by atoms with Crippen molar-refractivity contribution in [2.24, 2.45) is 0 Å². The molecule has 1 saturated heterocycles. The third-order valence-electron chi connectivity index (χ3n) is 4.53. The normalized spacial score (nSPS) is 17.8.